The third-order valence-corrected chi connectivity index (χ3v) is 6.11. The fraction of sp³-hybridized carbons (Fsp3) is 0.211. The Kier molecular flexibility index (Phi) is 5.90. The van der Waals surface area contributed by atoms with E-state index in [9.17, 15) is 13.2 Å². The minimum atomic E-state index is -3.91. The second-order valence-electron chi connectivity index (χ2n) is 6.50. The molecule has 29 heavy (non-hydrogen) atoms. The summed E-state index contributed by atoms with van der Waals surface area (Å²) in [6.07, 6.45) is 0. The van der Waals surface area contributed by atoms with Crippen LogP contribution in [0.1, 0.15) is 22.0 Å². The van der Waals surface area contributed by atoms with Crippen LogP contribution in [0.25, 0.3) is 0 Å². The number of benzene rings is 2. The lowest BCUT2D eigenvalue weighted by molar-refractivity contribution is 0.0780. The molecule has 3 rings (SSSR count). The zero-order valence-electron chi connectivity index (χ0n) is 16.1. The first-order valence-corrected chi connectivity index (χ1v) is 10.5. The topological polar surface area (TPSA) is 97.2 Å². The van der Waals surface area contributed by atoms with E-state index in [4.69, 9.17) is 11.6 Å². The third-order valence-electron chi connectivity index (χ3n) is 4.42. The molecule has 0 aliphatic heterocycles. The van der Waals surface area contributed by atoms with Crippen molar-refractivity contribution in [3.05, 3.63) is 70.8 Å². The second kappa shape index (κ2) is 8.22. The first-order valence-electron chi connectivity index (χ1n) is 8.67. The van der Waals surface area contributed by atoms with Gasteiger partial charge in [0.05, 0.1) is 22.2 Å². The van der Waals surface area contributed by atoms with Crippen molar-refractivity contribution in [3.63, 3.8) is 0 Å². The predicted molar refractivity (Wildman–Crippen MR) is 110 cm³/mol. The molecule has 0 saturated heterocycles. The molecule has 0 unspecified atom stereocenters. The van der Waals surface area contributed by atoms with Crippen LogP contribution in [-0.2, 0) is 23.6 Å². The van der Waals surface area contributed by atoms with Gasteiger partial charge >= 0.3 is 0 Å². The number of rotatable bonds is 6. The number of hydrogen-bond acceptors (Lipinski definition) is 5. The summed E-state index contributed by atoms with van der Waals surface area (Å²) in [5.74, 6) is 1.03. The summed E-state index contributed by atoms with van der Waals surface area (Å²) in [6, 6.07) is 12.4. The molecule has 0 atom stereocenters. The van der Waals surface area contributed by atoms with E-state index >= 15 is 0 Å². The van der Waals surface area contributed by atoms with Crippen LogP contribution in [0.3, 0.4) is 0 Å². The minimum absolute atomic E-state index is 0.0360. The van der Waals surface area contributed by atoms with E-state index in [1.165, 1.54) is 23.1 Å². The molecule has 0 bridgehead atoms. The summed E-state index contributed by atoms with van der Waals surface area (Å²) in [5, 5.41) is 8.29. The molecule has 152 valence electrons. The maximum Gasteiger partial charge on any atom is 0.261 e. The number of anilines is 1. The van der Waals surface area contributed by atoms with Gasteiger partial charge in [0.2, 0.25) is 0 Å². The normalized spacial score (nSPS) is 11.3. The highest BCUT2D eigenvalue weighted by Crippen LogP contribution is 2.24. The van der Waals surface area contributed by atoms with E-state index in [1.54, 1.807) is 41.9 Å². The van der Waals surface area contributed by atoms with Gasteiger partial charge in [-0.15, -0.1) is 10.2 Å². The molecule has 0 radical (unpaired) electrons. The Morgan fingerprint density at radius 2 is 1.90 bits per heavy atom. The maximum absolute atomic E-state index is 12.8. The van der Waals surface area contributed by atoms with E-state index in [0.717, 1.165) is 5.82 Å². The van der Waals surface area contributed by atoms with Crippen LogP contribution in [0.15, 0.2) is 53.4 Å². The fourth-order valence-electron chi connectivity index (χ4n) is 2.64. The summed E-state index contributed by atoms with van der Waals surface area (Å²) in [4.78, 5) is 14.2. The first kappa shape index (κ1) is 20.8. The molecular formula is C19H20ClN5O3S. The number of halogens is 1. The van der Waals surface area contributed by atoms with Gasteiger partial charge in [0, 0.05) is 19.7 Å². The Balaban J connectivity index is 1.82. The number of carbonyl (C=O) groups is 1. The highest BCUT2D eigenvalue weighted by atomic mass is 35.5. The van der Waals surface area contributed by atoms with Crippen molar-refractivity contribution < 1.29 is 13.2 Å². The molecule has 0 aliphatic carbocycles. The zero-order chi connectivity index (χ0) is 21.2. The molecule has 1 amide bonds. The van der Waals surface area contributed by atoms with E-state index in [2.05, 4.69) is 14.9 Å². The standard InChI is InChI=1S/C19H20ClN5O3S/c1-13-21-22-18(25(13)3)12-24(2)19(26)14-7-6-8-15(11-14)29(27,28)23-17-10-5-4-9-16(17)20/h4-11,23H,12H2,1-3H3. The lowest BCUT2D eigenvalue weighted by atomic mass is 10.2. The highest BCUT2D eigenvalue weighted by molar-refractivity contribution is 7.92. The Bertz CT molecular complexity index is 1160. The Labute approximate surface area is 174 Å². The van der Waals surface area contributed by atoms with Crippen LogP contribution >= 0.6 is 11.6 Å². The molecule has 0 spiro atoms. The van der Waals surface area contributed by atoms with E-state index in [-0.39, 0.29) is 33.6 Å². The van der Waals surface area contributed by atoms with Gasteiger partial charge in [0.15, 0.2) is 5.82 Å². The number of amides is 1. The van der Waals surface area contributed by atoms with Crippen LogP contribution in [0.2, 0.25) is 5.02 Å². The van der Waals surface area contributed by atoms with Crippen molar-refractivity contribution in [2.24, 2.45) is 7.05 Å². The van der Waals surface area contributed by atoms with Gasteiger partial charge in [-0.2, -0.15) is 0 Å². The summed E-state index contributed by atoms with van der Waals surface area (Å²) in [6.45, 7) is 2.06. The van der Waals surface area contributed by atoms with Gasteiger partial charge in [-0.3, -0.25) is 9.52 Å². The molecule has 3 aromatic rings. The van der Waals surface area contributed by atoms with Gasteiger partial charge in [-0.25, -0.2) is 8.42 Å². The molecule has 10 heteroatoms. The number of nitrogens with one attached hydrogen (secondary N) is 1. The van der Waals surface area contributed by atoms with Crippen molar-refractivity contribution in [2.75, 3.05) is 11.8 Å². The van der Waals surface area contributed by atoms with E-state index in [0.29, 0.717) is 5.82 Å². The minimum Gasteiger partial charge on any atom is -0.334 e. The molecule has 8 nitrogen and oxygen atoms in total. The number of nitrogens with zero attached hydrogens (tertiary/aromatic N) is 4. The van der Waals surface area contributed by atoms with Gasteiger partial charge in [-0.05, 0) is 37.3 Å². The number of carbonyl (C=O) groups excluding carboxylic acids is 1. The van der Waals surface area contributed by atoms with Crippen molar-refractivity contribution in [1.82, 2.24) is 19.7 Å². The monoisotopic (exact) mass is 433 g/mol. The lowest BCUT2D eigenvalue weighted by Gasteiger charge is -2.17. The van der Waals surface area contributed by atoms with Gasteiger partial charge < -0.3 is 9.47 Å². The van der Waals surface area contributed by atoms with Gasteiger partial charge in [-0.1, -0.05) is 29.8 Å². The molecule has 1 heterocycles. The quantitative estimate of drug-likeness (QED) is 0.644. The number of sulfonamides is 1. The van der Waals surface area contributed by atoms with Crippen LogP contribution in [0, 0.1) is 6.92 Å². The molecule has 0 saturated carbocycles. The molecule has 0 aliphatic rings. The lowest BCUT2D eigenvalue weighted by Crippen LogP contribution is -2.28. The predicted octanol–water partition coefficient (Wildman–Crippen LogP) is 2.85. The van der Waals surface area contributed by atoms with Crippen molar-refractivity contribution >= 4 is 33.2 Å². The average molecular weight is 434 g/mol. The van der Waals surface area contributed by atoms with Gasteiger partial charge in [0.1, 0.15) is 5.82 Å². The number of hydrogen-bond donors (Lipinski definition) is 1. The Morgan fingerprint density at radius 1 is 1.17 bits per heavy atom. The smallest absolute Gasteiger partial charge is 0.261 e. The second-order valence-corrected chi connectivity index (χ2v) is 8.59. The van der Waals surface area contributed by atoms with Crippen molar-refractivity contribution in [2.45, 2.75) is 18.4 Å². The SMILES string of the molecule is Cc1nnc(CN(C)C(=O)c2cccc(S(=O)(=O)Nc3ccccc3Cl)c2)n1C. The zero-order valence-corrected chi connectivity index (χ0v) is 17.7. The highest BCUT2D eigenvalue weighted by Gasteiger charge is 2.20. The van der Waals surface area contributed by atoms with Crippen molar-refractivity contribution in [3.8, 4) is 0 Å². The summed E-state index contributed by atoms with van der Waals surface area (Å²) >= 11 is 6.03. The summed E-state index contributed by atoms with van der Waals surface area (Å²) in [5.41, 5.74) is 0.508. The van der Waals surface area contributed by atoms with Gasteiger partial charge in [0.25, 0.3) is 15.9 Å². The third kappa shape index (κ3) is 4.57. The Hall–Kier alpha value is -2.91. The van der Waals surface area contributed by atoms with Crippen LogP contribution in [0.5, 0.6) is 0 Å². The number of para-hydroxylation sites is 1. The van der Waals surface area contributed by atoms with Crippen LogP contribution in [0.4, 0.5) is 5.69 Å². The number of aromatic nitrogens is 3. The average Bonchev–Trinajstić information content (AvgIpc) is 3.01. The van der Waals surface area contributed by atoms with Crippen molar-refractivity contribution in [1.29, 1.82) is 0 Å². The largest absolute Gasteiger partial charge is 0.334 e. The van der Waals surface area contributed by atoms with Crippen LogP contribution < -0.4 is 4.72 Å². The fourth-order valence-corrected chi connectivity index (χ4v) is 4.00. The molecule has 1 aromatic heterocycles. The number of aryl methyl sites for hydroxylation is 1. The summed E-state index contributed by atoms with van der Waals surface area (Å²) < 4.78 is 29.7. The summed E-state index contributed by atoms with van der Waals surface area (Å²) in [7, 11) is -0.475. The van der Waals surface area contributed by atoms with E-state index in [1.807, 2.05) is 14.0 Å². The first-order chi connectivity index (χ1) is 13.7. The maximum atomic E-state index is 12.8. The van der Waals surface area contributed by atoms with E-state index < -0.39 is 10.0 Å². The molecular weight excluding hydrogens is 414 g/mol. The Morgan fingerprint density at radius 3 is 2.55 bits per heavy atom. The molecule has 0 fully saturated rings. The molecule has 1 N–H and O–H groups in total. The molecule has 2 aromatic carbocycles. The van der Waals surface area contributed by atoms with Crippen LogP contribution in [-0.4, -0.2) is 41.0 Å².